The average Bonchev–Trinajstić information content (AvgIpc) is 3.15. The van der Waals surface area contributed by atoms with Crippen LogP contribution in [0.15, 0.2) is 35.4 Å². The van der Waals surface area contributed by atoms with E-state index < -0.39 is 10.0 Å². The number of aryl methyl sites for hydroxylation is 2. The summed E-state index contributed by atoms with van der Waals surface area (Å²) < 4.78 is 29.4. The van der Waals surface area contributed by atoms with Gasteiger partial charge in [0.05, 0.1) is 23.1 Å². The van der Waals surface area contributed by atoms with Gasteiger partial charge in [0.15, 0.2) is 0 Å². The normalized spacial score (nSPS) is 20.2. The van der Waals surface area contributed by atoms with Crippen molar-refractivity contribution in [1.82, 2.24) is 19.2 Å². The first-order valence-electron chi connectivity index (χ1n) is 10.0. The predicted octanol–water partition coefficient (Wildman–Crippen LogP) is 2.59. The van der Waals surface area contributed by atoms with Crippen molar-refractivity contribution in [3.63, 3.8) is 0 Å². The molecule has 2 aliphatic heterocycles. The second-order valence-electron chi connectivity index (χ2n) is 7.67. The molecule has 0 radical (unpaired) electrons. The quantitative estimate of drug-likeness (QED) is 0.780. The van der Waals surface area contributed by atoms with E-state index in [2.05, 4.69) is 14.9 Å². The van der Waals surface area contributed by atoms with Gasteiger partial charge in [0.1, 0.15) is 5.82 Å². The third kappa shape index (κ3) is 4.49. The van der Waals surface area contributed by atoms with Gasteiger partial charge in [-0.2, -0.15) is 4.31 Å². The van der Waals surface area contributed by atoms with Crippen LogP contribution < -0.4 is 5.32 Å². The number of amides is 1. The molecule has 1 fully saturated rings. The number of halogens is 1. The number of nitrogens with zero attached hydrogens (tertiary/aromatic N) is 3. The Balaban J connectivity index is 1.38. The van der Waals surface area contributed by atoms with Crippen molar-refractivity contribution in [1.29, 1.82) is 0 Å². The summed E-state index contributed by atoms with van der Waals surface area (Å²) in [5, 5.41) is 3.43. The number of carbonyl (C=O) groups excluding carboxylic acids is 1. The van der Waals surface area contributed by atoms with Gasteiger partial charge in [0, 0.05) is 37.3 Å². The topological polar surface area (TPSA) is 84.3 Å². The number of carbonyl (C=O) groups is 1. The highest BCUT2D eigenvalue weighted by Gasteiger charge is 2.33. The van der Waals surface area contributed by atoms with Crippen LogP contribution in [-0.4, -0.2) is 41.3 Å². The Morgan fingerprint density at radius 1 is 1.17 bits per heavy atom. The number of sulfonamides is 1. The first-order chi connectivity index (χ1) is 13.9. The SMILES string of the molecule is O=C(NCc1cn2c(n1)CCCC2)C1CCCN(S(=O)(=O)c2ccc(Cl)cc2)C1. The van der Waals surface area contributed by atoms with Crippen molar-refractivity contribution in [3.05, 3.63) is 47.0 Å². The molecule has 7 nitrogen and oxygen atoms in total. The fourth-order valence-electron chi connectivity index (χ4n) is 4.01. The van der Waals surface area contributed by atoms with E-state index in [4.69, 9.17) is 11.6 Å². The van der Waals surface area contributed by atoms with Crippen LogP contribution in [0.1, 0.15) is 37.2 Å². The molecule has 29 heavy (non-hydrogen) atoms. The predicted molar refractivity (Wildman–Crippen MR) is 110 cm³/mol. The Labute approximate surface area is 176 Å². The summed E-state index contributed by atoms with van der Waals surface area (Å²) in [6.45, 7) is 1.97. The molecule has 1 aromatic carbocycles. The van der Waals surface area contributed by atoms with Gasteiger partial charge in [0.2, 0.25) is 15.9 Å². The molecule has 3 heterocycles. The van der Waals surface area contributed by atoms with Crippen LogP contribution in [0.4, 0.5) is 0 Å². The Hall–Kier alpha value is -1.90. The number of hydrogen-bond acceptors (Lipinski definition) is 4. The third-order valence-electron chi connectivity index (χ3n) is 5.61. The van der Waals surface area contributed by atoms with Crippen molar-refractivity contribution < 1.29 is 13.2 Å². The number of fused-ring (bicyclic) bond motifs is 1. The van der Waals surface area contributed by atoms with Crippen molar-refractivity contribution in [2.75, 3.05) is 13.1 Å². The van der Waals surface area contributed by atoms with Gasteiger partial charge < -0.3 is 9.88 Å². The number of hydrogen-bond donors (Lipinski definition) is 1. The fourth-order valence-corrected chi connectivity index (χ4v) is 5.66. The van der Waals surface area contributed by atoms with Gasteiger partial charge >= 0.3 is 0 Å². The zero-order valence-corrected chi connectivity index (χ0v) is 17.8. The average molecular weight is 437 g/mol. The highest BCUT2D eigenvalue weighted by atomic mass is 35.5. The minimum atomic E-state index is -3.64. The minimum absolute atomic E-state index is 0.119. The Morgan fingerprint density at radius 3 is 2.72 bits per heavy atom. The Morgan fingerprint density at radius 2 is 1.97 bits per heavy atom. The van der Waals surface area contributed by atoms with Crippen LogP contribution >= 0.6 is 11.6 Å². The molecule has 0 spiro atoms. The molecular formula is C20H25ClN4O3S. The molecule has 1 amide bonds. The summed E-state index contributed by atoms with van der Waals surface area (Å²) in [5.74, 6) is 0.605. The van der Waals surface area contributed by atoms with E-state index >= 15 is 0 Å². The number of imidazole rings is 1. The third-order valence-corrected chi connectivity index (χ3v) is 7.74. The van der Waals surface area contributed by atoms with Crippen LogP contribution in [-0.2, 0) is 34.3 Å². The van der Waals surface area contributed by atoms with E-state index in [1.165, 1.54) is 16.4 Å². The Kier molecular flexibility index (Phi) is 5.94. The molecule has 2 aliphatic rings. The maximum absolute atomic E-state index is 12.9. The molecule has 1 atom stereocenters. The second kappa shape index (κ2) is 8.45. The van der Waals surface area contributed by atoms with Crippen LogP contribution in [0.25, 0.3) is 0 Å². The summed E-state index contributed by atoms with van der Waals surface area (Å²) in [4.78, 5) is 17.5. The number of nitrogens with one attached hydrogen (secondary N) is 1. The first-order valence-corrected chi connectivity index (χ1v) is 11.8. The largest absolute Gasteiger partial charge is 0.350 e. The van der Waals surface area contributed by atoms with Crippen LogP contribution in [0.2, 0.25) is 5.02 Å². The number of benzene rings is 1. The highest BCUT2D eigenvalue weighted by molar-refractivity contribution is 7.89. The second-order valence-corrected chi connectivity index (χ2v) is 10.0. The molecule has 1 unspecified atom stereocenters. The highest BCUT2D eigenvalue weighted by Crippen LogP contribution is 2.25. The van der Waals surface area contributed by atoms with E-state index in [0.717, 1.165) is 37.3 Å². The molecule has 9 heteroatoms. The molecule has 4 rings (SSSR count). The summed E-state index contributed by atoms with van der Waals surface area (Å²) >= 11 is 5.86. The van der Waals surface area contributed by atoms with Crippen LogP contribution in [0.3, 0.4) is 0 Å². The smallest absolute Gasteiger partial charge is 0.243 e. The van der Waals surface area contributed by atoms with Crippen molar-refractivity contribution in [3.8, 4) is 0 Å². The van der Waals surface area contributed by atoms with Gasteiger partial charge in [0.25, 0.3) is 0 Å². The van der Waals surface area contributed by atoms with E-state index in [9.17, 15) is 13.2 Å². The lowest BCUT2D eigenvalue weighted by atomic mass is 9.99. The van der Waals surface area contributed by atoms with Gasteiger partial charge in [-0.3, -0.25) is 4.79 Å². The van der Waals surface area contributed by atoms with Gasteiger partial charge in [-0.05, 0) is 49.9 Å². The molecular weight excluding hydrogens is 412 g/mol. The molecule has 1 aromatic heterocycles. The van der Waals surface area contributed by atoms with Gasteiger partial charge in [-0.1, -0.05) is 11.6 Å². The van der Waals surface area contributed by atoms with E-state index in [0.29, 0.717) is 31.0 Å². The van der Waals surface area contributed by atoms with Crippen LogP contribution in [0.5, 0.6) is 0 Å². The molecule has 1 saturated heterocycles. The van der Waals surface area contributed by atoms with Crippen LogP contribution in [0, 0.1) is 5.92 Å². The molecule has 1 N–H and O–H groups in total. The van der Waals surface area contributed by atoms with Crippen molar-refractivity contribution >= 4 is 27.5 Å². The minimum Gasteiger partial charge on any atom is -0.350 e. The lowest BCUT2D eigenvalue weighted by Crippen LogP contribution is -2.45. The van der Waals surface area contributed by atoms with E-state index in [-0.39, 0.29) is 23.3 Å². The number of aromatic nitrogens is 2. The van der Waals surface area contributed by atoms with Gasteiger partial charge in [-0.15, -0.1) is 0 Å². The number of piperidine rings is 1. The van der Waals surface area contributed by atoms with Gasteiger partial charge in [-0.25, -0.2) is 13.4 Å². The maximum Gasteiger partial charge on any atom is 0.243 e. The summed E-state index contributed by atoms with van der Waals surface area (Å²) in [5.41, 5.74) is 0.858. The number of rotatable bonds is 5. The Bertz CT molecular complexity index is 964. The molecule has 0 aliphatic carbocycles. The fraction of sp³-hybridized carbons (Fsp3) is 0.500. The van der Waals surface area contributed by atoms with Crippen molar-refractivity contribution in [2.45, 2.75) is 50.1 Å². The van der Waals surface area contributed by atoms with E-state index in [1.807, 2.05) is 6.20 Å². The molecule has 2 aromatic rings. The lowest BCUT2D eigenvalue weighted by molar-refractivity contribution is -0.126. The summed E-state index contributed by atoms with van der Waals surface area (Å²) in [7, 11) is -3.64. The lowest BCUT2D eigenvalue weighted by Gasteiger charge is -2.31. The molecule has 156 valence electrons. The first kappa shape index (κ1) is 20.4. The summed E-state index contributed by atoms with van der Waals surface area (Å²) in [6.07, 6.45) is 6.64. The zero-order valence-electron chi connectivity index (χ0n) is 16.2. The standard InChI is InChI=1S/C20H25ClN4O3S/c21-16-6-8-18(9-7-16)29(27,28)25-11-3-4-15(13-25)20(26)22-12-17-14-24-10-2-1-5-19(24)23-17/h6-9,14-15H,1-5,10-13H2,(H,22,26). The summed E-state index contributed by atoms with van der Waals surface area (Å²) in [6, 6.07) is 6.13. The molecule has 0 bridgehead atoms. The molecule has 0 saturated carbocycles. The zero-order chi connectivity index (χ0) is 20.4. The van der Waals surface area contributed by atoms with Crippen molar-refractivity contribution in [2.24, 2.45) is 5.92 Å². The van der Waals surface area contributed by atoms with E-state index in [1.54, 1.807) is 12.1 Å². The monoisotopic (exact) mass is 436 g/mol. The maximum atomic E-state index is 12.9.